The molecule has 1 aromatic rings. The first kappa shape index (κ1) is 15.7. The molecule has 0 bridgehead atoms. The zero-order valence-corrected chi connectivity index (χ0v) is 14.2. The van der Waals surface area contributed by atoms with Crippen LogP contribution in [0.2, 0.25) is 0 Å². The summed E-state index contributed by atoms with van der Waals surface area (Å²) in [6.45, 7) is 2.26. The highest BCUT2D eigenvalue weighted by Crippen LogP contribution is 2.28. The van der Waals surface area contributed by atoms with Gasteiger partial charge in [0.05, 0.1) is 0 Å². The first-order chi connectivity index (χ1) is 10.8. The molecular formula is C20H32N2. The fraction of sp³-hybridized carbons (Fsp3) is 0.700. The van der Waals surface area contributed by atoms with E-state index in [4.69, 9.17) is 0 Å². The van der Waals surface area contributed by atoms with Gasteiger partial charge in [0.15, 0.2) is 0 Å². The topological polar surface area (TPSA) is 24.1 Å². The summed E-state index contributed by atoms with van der Waals surface area (Å²) < 4.78 is 0. The second-order valence-corrected chi connectivity index (χ2v) is 7.18. The van der Waals surface area contributed by atoms with E-state index in [1.165, 1.54) is 81.1 Å². The highest BCUT2D eigenvalue weighted by Gasteiger charge is 2.16. The van der Waals surface area contributed by atoms with Gasteiger partial charge < -0.3 is 10.6 Å². The van der Waals surface area contributed by atoms with Gasteiger partial charge in [-0.3, -0.25) is 0 Å². The highest BCUT2D eigenvalue weighted by atomic mass is 14.9. The van der Waals surface area contributed by atoms with Crippen LogP contribution in [0.4, 0.5) is 11.4 Å². The monoisotopic (exact) mass is 300 g/mol. The largest absolute Gasteiger partial charge is 0.382 e. The lowest BCUT2D eigenvalue weighted by Crippen LogP contribution is -2.24. The molecule has 1 aromatic carbocycles. The Labute approximate surface area is 136 Å². The van der Waals surface area contributed by atoms with E-state index in [-0.39, 0.29) is 0 Å². The van der Waals surface area contributed by atoms with E-state index in [9.17, 15) is 0 Å². The smallest absolute Gasteiger partial charge is 0.0395 e. The van der Waals surface area contributed by atoms with Crippen molar-refractivity contribution in [2.24, 2.45) is 0 Å². The third-order valence-corrected chi connectivity index (χ3v) is 5.43. The Kier molecular flexibility index (Phi) is 5.64. The molecule has 0 heterocycles. The van der Waals surface area contributed by atoms with Crippen LogP contribution < -0.4 is 10.6 Å². The van der Waals surface area contributed by atoms with Gasteiger partial charge in [0, 0.05) is 23.5 Å². The van der Waals surface area contributed by atoms with E-state index < -0.39 is 0 Å². The number of aryl methyl sites for hydroxylation is 1. The van der Waals surface area contributed by atoms with Gasteiger partial charge in [0.25, 0.3) is 0 Å². The Balaban J connectivity index is 1.67. The zero-order chi connectivity index (χ0) is 15.2. The fourth-order valence-electron chi connectivity index (χ4n) is 4.06. The van der Waals surface area contributed by atoms with E-state index in [0.29, 0.717) is 12.1 Å². The Hall–Kier alpha value is -1.18. The van der Waals surface area contributed by atoms with Crippen LogP contribution in [0.5, 0.6) is 0 Å². The molecule has 0 aliphatic heterocycles. The van der Waals surface area contributed by atoms with Crippen LogP contribution >= 0.6 is 0 Å². The van der Waals surface area contributed by atoms with Gasteiger partial charge in [-0.15, -0.1) is 0 Å². The molecule has 0 unspecified atom stereocenters. The molecule has 0 radical (unpaired) electrons. The summed E-state index contributed by atoms with van der Waals surface area (Å²) in [5, 5.41) is 7.61. The molecule has 2 fully saturated rings. The van der Waals surface area contributed by atoms with Crippen LogP contribution in [0.1, 0.15) is 76.7 Å². The molecule has 122 valence electrons. The molecule has 0 spiro atoms. The van der Waals surface area contributed by atoms with Crippen molar-refractivity contribution < 1.29 is 0 Å². The molecule has 0 amide bonds. The van der Waals surface area contributed by atoms with Gasteiger partial charge in [-0.2, -0.15) is 0 Å². The Morgan fingerprint density at radius 2 is 1.41 bits per heavy atom. The molecule has 2 aliphatic rings. The van der Waals surface area contributed by atoms with Crippen molar-refractivity contribution in [3.8, 4) is 0 Å². The minimum atomic E-state index is 0.684. The summed E-state index contributed by atoms with van der Waals surface area (Å²) in [5.41, 5.74) is 4.14. The van der Waals surface area contributed by atoms with E-state index in [2.05, 4.69) is 35.8 Å². The molecule has 2 saturated carbocycles. The van der Waals surface area contributed by atoms with Crippen molar-refractivity contribution >= 4 is 11.4 Å². The second kappa shape index (κ2) is 7.89. The lowest BCUT2D eigenvalue weighted by Gasteiger charge is -2.27. The molecule has 3 rings (SSSR count). The second-order valence-electron chi connectivity index (χ2n) is 7.18. The van der Waals surface area contributed by atoms with Crippen LogP contribution in [0.25, 0.3) is 0 Å². The van der Waals surface area contributed by atoms with E-state index >= 15 is 0 Å². The average Bonchev–Trinajstić information content (AvgIpc) is 2.57. The molecule has 2 heteroatoms. The first-order valence-corrected chi connectivity index (χ1v) is 9.51. The van der Waals surface area contributed by atoms with E-state index in [1.54, 1.807) is 0 Å². The SMILES string of the molecule is CCc1ccc(NC2CCCCC2)cc1NC1CCCCC1. The van der Waals surface area contributed by atoms with Crippen molar-refractivity contribution in [1.82, 2.24) is 0 Å². The highest BCUT2D eigenvalue weighted by molar-refractivity contribution is 5.62. The molecule has 0 saturated heterocycles. The molecule has 0 atom stereocenters. The maximum absolute atomic E-state index is 3.84. The Morgan fingerprint density at radius 1 is 0.818 bits per heavy atom. The van der Waals surface area contributed by atoms with Crippen LogP contribution in [-0.2, 0) is 6.42 Å². The number of nitrogens with one attached hydrogen (secondary N) is 2. The van der Waals surface area contributed by atoms with Crippen LogP contribution in [0.3, 0.4) is 0 Å². The van der Waals surface area contributed by atoms with E-state index in [1.807, 2.05) is 0 Å². The lowest BCUT2D eigenvalue weighted by atomic mass is 9.94. The summed E-state index contributed by atoms with van der Waals surface area (Å²) >= 11 is 0. The molecule has 22 heavy (non-hydrogen) atoms. The third-order valence-electron chi connectivity index (χ3n) is 5.43. The number of anilines is 2. The van der Waals surface area contributed by atoms with Gasteiger partial charge in [-0.1, -0.05) is 51.5 Å². The van der Waals surface area contributed by atoms with Gasteiger partial charge in [0.2, 0.25) is 0 Å². The van der Waals surface area contributed by atoms with Crippen LogP contribution in [0.15, 0.2) is 18.2 Å². The lowest BCUT2D eigenvalue weighted by molar-refractivity contribution is 0.461. The molecular weight excluding hydrogens is 268 g/mol. The normalized spacial score (nSPS) is 20.8. The fourth-order valence-corrected chi connectivity index (χ4v) is 4.06. The van der Waals surface area contributed by atoms with Crippen molar-refractivity contribution in [1.29, 1.82) is 0 Å². The van der Waals surface area contributed by atoms with Crippen molar-refractivity contribution in [2.45, 2.75) is 89.6 Å². The maximum Gasteiger partial charge on any atom is 0.0395 e. The van der Waals surface area contributed by atoms with Crippen LogP contribution in [-0.4, -0.2) is 12.1 Å². The predicted molar refractivity (Wildman–Crippen MR) is 96.8 cm³/mol. The molecule has 2 N–H and O–H groups in total. The van der Waals surface area contributed by atoms with Crippen molar-refractivity contribution in [3.63, 3.8) is 0 Å². The van der Waals surface area contributed by atoms with E-state index in [0.717, 1.165) is 6.42 Å². The zero-order valence-electron chi connectivity index (χ0n) is 14.2. The molecule has 0 aromatic heterocycles. The van der Waals surface area contributed by atoms with Gasteiger partial charge >= 0.3 is 0 Å². The predicted octanol–water partition coefficient (Wildman–Crippen LogP) is 5.74. The number of hydrogen-bond donors (Lipinski definition) is 2. The number of hydrogen-bond acceptors (Lipinski definition) is 2. The minimum Gasteiger partial charge on any atom is -0.382 e. The summed E-state index contributed by atoms with van der Waals surface area (Å²) in [4.78, 5) is 0. The maximum atomic E-state index is 3.84. The quantitative estimate of drug-likeness (QED) is 0.724. The summed E-state index contributed by atoms with van der Waals surface area (Å²) in [6, 6.07) is 8.32. The van der Waals surface area contributed by atoms with Crippen LogP contribution in [0, 0.1) is 0 Å². The summed E-state index contributed by atoms with van der Waals surface area (Å²) in [5.74, 6) is 0. The molecule has 2 nitrogen and oxygen atoms in total. The van der Waals surface area contributed by atoms with Gasteiger partial charge in [-0.05, 0) is 49.8 Å². The van der Waals surface area contributed by atoms with Gasteiger partial charge in [0.1, 0.15) is 0 Å². The summed E-state index contributed by atoms with van der Waals surface area (Å²) in [6.07, 6.45) is 14.8. The first-order valence-electron chi connectivity index (χ1n) is 9.51. The number of benzene rings is 1. The standard InChI is InChI=1S/C20H32N2/c1-2-16-13-14-19(21-17-9-5-3-6-10-17)15-20(16)22-18-11-7-4-8-12-18/h13-15,17-18,21-22H,2-12H2,1H3. The molecule has 2 aliphatic carbocycles. The average molecular weight is 300 g/mol. The van der Waals surface area contributed by atoms with Crippen molar-refractivity contribution in [3.05, 3.63) is 23.8 Å². The third kappa shape index (κ3) is 4.18. The van der Waals surface area contributed by atoms with Crippen molar-refractivity contribution in [2.75, 3.05) is 10.6 Å². The Morgan fingerprint density at radius 3 is 2.00 bits per heavy atom. The van der Waals surface area contributed by atoms with Gasteiger partial charge in [-0.25, -0.2) is 0 Å². The summed E-state index contributed by atoms with van der Waals surface area (Å²) in [7, 11) is 0. The Bertz CT molecular complexity index is 457. The minimum absolute atomic E-state index is 0.684. The number of rotatable bonds is 5.